The van der Waals surface area contributed by atoms with Crippen LogP contribution in [0.5, 0.6) is 0 Å². The third kappa shape index (κ3) is 21.2. The third-order valence-corrected chi connectivity index (χ3v) is 5.18. The number of rotatable bonds is 19. The van der Waals surface area contributed by atoms with Crippen molar-refractivity contribution >= 4 is 5.91 Å². The van der Waals surface area contributed by atoms with Crippen molar-refractivity contribution in [1.29, 1.82) is 0 Å². The summed E-state index contributed by atoms with van der Waals surface area (Å²) in [6.07, 6.45) is 37.4. The lowest BCUT2D eigenvalue weighted by Gasteiger charge is -2.28. The topological polar surface area (TPSA) is 49.3 Å². The summed E-state index contributed by atoms with van der Waals surface area (Å²) in [5.74, 6) is -0.161. The van der Waals surface area contributed by atoms with Gasteiger partial charge in [0.1, 0.15) is 0 Å². The van der Waals surface area contributed by atoms with Crippen molar-refractivity contribution in [2.75, 3.05) is 6.54 Å². The van der Waals surface area contributed by atoms with Crippen LogP contribution in [0, 0.1) is 0 Å². The normalized spacial score (nSPS) is 14.9. The molecule has 1 amide bonds. The van der Waals surface area contributed by atoms with Gasteiger partial charge < -0.3 is 10.4 Å². The molecule has 0 saturated carbocycles. The number of carbonyl (C=O) groups excluding carboxylic acids is 1. The SMILES string of the molecule is CC=CC=CC=CC=CCCC=CC=CC=CC(=O)NCC(O)(CCCC)CCCCCC. The van der Waals surface area contributed by atoms with Crippen molar-refractivity contribution in [3.05, 3.63) is 85.1 Å². The van der Waals surface area contributed by atoms with E-state index in [1.807, 2.05) is 61.6 Å². The van der Waals surface area contributed by atoms with Crippen molar-refractivity contribution in [3.63, 3.8) is 0 Å². The average Bonchev–Trinajstić information content (AvgIpc) is 2.82. The summed E-state index contributed by atoms with van der Waals surface area (Å²) in [6.45, 7) is 6.63. The van der Waals surface area contributed by atoms with E-state index in [0.717, 1.165) is 51.4 Å². The number of nitrogens with one attached hydrogen (secondary N) is 1. The summed E-state index contributed by atoms with van der Waals surface area (Å²) in [4.78, 5) is 12.1. The van der Waals surface area contributed by atoms with Gasteiger partial charge >= 0.3 is 0 Å². The zero-order valence-electron chi connectivity index (χ0n) is 21.2. The Morgan fingerprint density at radius 2 is 1.27 bits per heavy atom. The van der Waals surface area contributed by atoms with Gasteiger partial charge in [-0.1, -0.05) is 131 Å². The number of carbonyl (C=O) groups is 1. The number of hydrogen-bond acceptors (Lipinski definition) is 2. The van der Waals surface area contributed by atoms with Crippen LogP contribution in [0.3, 0.4) is 0 Å². The van der Waals surface area contributed by atoms with Gasteiger partial charge in [-0.2, -0.15) is 0 Å². The van der Waals surface area contributed by atoms with Crippen LogP contribution in [0.2, 0.25) is 0 Å². The number of amides is 1. The van der Waals surface area contributed by atoms with Crippen LogP contribution < -0.4 is 5.32 Å². The molecule has 1 unspecified atom stereocenters. The van der Waals surface area contributed by atoms with Gasteiger partial charge in [-0.25, -0.2) is 0 Å². The van der Waals surface area contributed by atoms with E-state index < -0.39 is 5.60 Å². The first-order chi connectivity index (χ1) is 16.1. The second-order valence-corrected chi connectivity index (χ2v) is 8.33. The molecule has 3 nitrogen and oxygen atoms in total. The predicted octanol–water partition coefficient (Wildman–Crippen LogP) is 7.69. The van der Waals surface area contributed by atoms with Gasteiger partial charge in [-0.15, -0.1) is 0 Å². The van der Waals surface area contributed by atoms with E-state index in [2.05, 4.69) is 37.4 Å². The molecule has 0 fully saturated rings. The van der Waals surface area contributed by atoms with Gasteiger partial charge in [-0.3, -0.25) is 4.79 Å². The maximum Gasteiger partial charge on any atom is 0.244 e. The fraction of sp³-hybridized carbons (Fsp3) is 0.500. The Hall–Kier alpha value is -2.39. The zero-order chi connectivity index (χ0) is 24.5. The smallest absolute Gasteiger partial charge is 0.244 e. The second kappa shape index (κ2) is 22.8. The molecule has 0 radical (unpaired) electrons. The maximum absolute atomic E-state index is 12.1. The van der Waals surface area contributed by atoms with E-state index in [1.165, 1.54) is 18.9 Å². The van der Waals surface area contributed by atoms with E-state index in [9.17, 15) is 9.90 Å². The molecule has 0 aliphatic carbocycles. The molecule has 3 heteroatoms. The standard InChI is InChI=1S/C30H47NO2/c1-4-7-10-12-13-14-15-16-17-18-19-20-21-22-23-25-29(32)31-28-30(33,26-9-6-3)27-24-11-8-5-2/h4,7,10,12-16,19-23,25,33H,5-6,8-9,11,17-18,24,26-28H2,1-3H3,(H,31,32). The van der Waals surface area contributed by atoms with Crippen molar-refractivity contribution in [1.82, 2.24) is 5.32 Å². The Morgan fingerprint density at radius 1 is 0.727 bits per heavy atom. The minimum atomic E-state index is -0.792. The van der Waals surface area contributed by atoms with Gasteiger partial charge in [0, 0.05) is 12.6 Å². The molecule has 184 valence electrons. The highest BCUT2D eigenvalue weighted by atomic mass is 16.3. The van der Waals surface area contributed by atoms with E-state index in [1.54, 1.807) is 6.08 Å². The average molecular weight is 454 g/mol. The van der Waals surface area contributed by atoms with Crippen LogP contribution in [-0.4, -0.2) is 23.2 Å². The van der Waals surface area contributed by atoms with E-state index >= 15 is 0 Å². The summed E-state index contributed by atoms with van der Waals surface area (Å²) in [6, 6.07) is 0. The minimum absolute atomic E-state index is 0.161. The molecule has 0 heterocycles. The predicted molar refractivity (Wildman–Crippen MR) is 145 cm³/mol. The first-order valence-electron chi connectivity index (χ1n) is 12.7. The van der Waals surface area contributed by atoms with Crippen molar-refractivity contribution in [2.45, 2.75) is 90.6 Å². The maximum atomic E-state index is 12.1. The van der Waals surface area contributed by atoms with Crippen LogP contribution >= 0.6 is 0 Å². The summed E-state index contributed by atoms with van der Waals surface area (Å²) in [5, 5.41) is 13.8. The van der Waals surface area contributed by atoms with E-state index in [0.29, 0.717) is 6.54 Å². The number of unbranched alkanes of at least 4 members (excludes halogenated alkanes) is 5. The number of hydrogen-bond donors (Lipinski definition) is 2. The lowest BCUT2D eigenvalue weighted by Crippen LogP contribution is -2.42. The Kier molecular flexibility index (Phi) is 21.1. The largest absolute Gasteiger partial charge is 0.388 e. The van der Waals surface area contributed by atoms with Gasteiger partial charge in [0.2, 0.25) is 5.91 Å². The summed E-state index contributed by atoms with van der Waals surface area (Å²) in [7, 11) is 0. The van der Waals surface area contributed by atoms with Crippen LogP contribution in [0.15, 0.2) is 85.1 Å². The highest BCUT2D eigenvalue weighted by molar-refractivity contribution is 5.87. The summed E-state index contributed by atoms with van der Waals surface area (Å²) >= 11 is 0. The van der Waals surface area contributed by atoms with Gasteiger partial charge in [0.05, 0.1) is 5.60 Å². The molecule has 0 saturated heterocycles. The molecule has 1 atom stereocenters. The molecule has 33 heavy (non-hydrogen) atoms. The number of allylic oxidation sites excluding steroid dienone is 13. The molecular weight excluding hydrogens is 406 g/mol. The van der Waals surface area contributed by atoms with Crippen LogP contribution in [0.4, 0.5) is 0 Å². The molecule has 0 aromatic carbocycles. The lowest BCUT2D eigenvalue weighted by molar-refractivity contribution is -0.118. The van der Waals surface area contributed by atoms with Gasteiger partial charge in [0.15, 0.2) is 0 Å². The van der Waals surface area contributed by atoms with Crippen LogP contribution in [0.1, 0.15) is 85.0 Å². The van der Waals surface area contributed by atoms with Crippen molar-refractivity contribution in [2.24, 2.45) is 0 Å². The van der Waals surface area contributed by atoms with Crippen molar-refractivity contribution < 1.29 is 9.90 Å². The Morgan fingerprint density at radius 3 is 1.88 bits per heavy atom. The first-order valence-corrected chi connectivity index (χ1v) is 12.7. The van der Waals surface area contributed by atoms with Gasteiger partial charge in [0.25, 0.3) is 0 Å². The molecule has 0 aromatic rings. The fourth-order valence-electron chi connectivity index (χ4n) is 3.18. The van der Waals surface area contributed by atoms with Crippen molar-refractivity contribution in [3.8, 4) is 0 Å². The van der Waals surface area contributed by atoms with E-state index in [4.69, 9.17) is 0 Å². The Bertz CT molecular complexity index is 679. The molecule has 0 aliphatic rings. The molecule has 0 bridgehead atoms. The molecular formula is C30H47NO2. The number of aliphatic hydroxyl groups is 1. The molecule has 2 N–H and O–H groups in total. The van der Waals surface area contributed by atoms with Gasteiger partial charge in [-0.05, 0) is 32.6 Å². The van der Waals surface area contributed by atoms with E-state index in [-0.39, 0.29) is 5.91 Å². The second-order valence-electron chi connectivity index (χ2n) is 8.33. The minimum Gasteiger partial charge on any atom is -0.388 e. The Labute approximate surface area is 203 Å². The summed E-state index contributed by atoms with van der Waals surface area (Å²) < 4.78 is 0. The molecule has 0 spiro atoms. The summed E-state index contributed by atoms with van der Waals surface area (Å²) in [5.41, 5.74) is -0.792. The third-order valence-electron chi connectivity index (χ3n) is 5.18. The highest BCUT2D eigenvalue weighted by Crippen LogP contribution is 2.21. The fourth-order valence-corrected chi connectivity index (χ4v) is 3.18. The Balaban J connectivity index is 4.18. The monoisotopic (exact) mass is 453 g/mol. The highest BCUT2D eigenvalue weighted by Gasteiger charge is 2.25. The molecule has 0 rings (SSSR count). The molecule has 0 aromatic heterocycles. The lowest BCUT2D eigenvalue weighted by atomic mass is 9.90. The van der Waals surface area contributed by atoms with Crippen LogP contribution in [0.25, 0.3) is 0 Å². The zero-order valence-corrected chi connectivity index (χ0v) is 21.2. The quantitative estimate of drug-likeness (QED) is 0.120. The first kappa shape index (κ1) is 30.6. The molecule has 0 aliphatic heterocycles. The van der Waals surface area contributed by atoms with Crippen LogP contribution in [-0.2, 0) is 4.79 Å².